The van der Waals surface area contributed by atoms with Crippen molar-refractivity contribution in [3.63, 3.8) is 0 Å². The van der Waals surface area contributed by atoms with Gasteiger partial charge in [-0.1, -0.05) is 30.3 Å². The molecule has 2 aromatic rings. The van der Waals surface area contributed by atoms with Gasteiger partial charge < -0.3 is 15.3 Å². The van der Waals surface area contributed by atoms with E-state index in [1.807, 2.05) is 35.2 Å². The molecule has 4 rings (SSSR count). The minimum absolute atomic E-state index is 0.00197. The Labute approximate surface area is 231 Å². The Hall–Kier alpha value is -3.66. The molecule has 0 saturated carbocycles. The zero-order valence-corrected chi connectivity index (χ0v) is 22.2. The number of likely N-dealkylation sites (tertiary alicyclic amines) is 2. The van der Waals surface area contributed by atoms with E-state index >= 15 is 0 Å². The number of hydrogen-bond donors (Lipinski definition) is 2. The number of carboxylic acid groups (broad SMARTS) is 1. The third-order valence-corrected chi connectivity index (χ3v) is 7.82. The number of nitrogens with zero attached hydrogens (tertiary/aromatic N) is 2. The van der Waals surface area contributed by atoms with Gasteiger partial charge in [0.2, 0.25) is 11.8 Å². The molecule has 2 aliphatic heterocycles. The molecule has 7 nitrogen and oxygen atoms in total. The first-order valence-corrected chi connectivity index (χ1v) is 13.6. The van der Waals surface area contributed by atoms with E-state index in [1.54, 1.807) is 4.90 Å². The summed E-state index contributed by atoms with van der Waals surface area (Å²) in [5.41, 5.74) is 1.07. The maximum atomic E-state index is 13.4. The summed E-state index contributed by atoms with van der Waals surface area (Å²) >= 11 is 0. The first-order chi connectivity index (χ1) is 19.2. The highest BCUT2D eigenvalue weighted by Crippen LogP contribution is 2.29. The van der Waals surface area contributed by atoms with Crippen LogP contribution in [0.15, 0.2) is 48.5 Å². The molecular weight excluding hydrogens is 523 g/mol. The second-order valence-corrected chi connectivity index (χ2v) is 10.5. The molecule has 40 heavy (non-hydrogen) atoms. The standard InChI is InChI=1S/C30H34F3N3O4/c31-24-16-22(17-25(32)28(24)33)6-7-27(38)35-14-10-23(11-15-35)29(30(39)40)36-12-8-20(9-13-36)18-26(37)34-19-21-4-2-1-3-5-21/h1-7,16-17,20,23,29H,8-15,18-19H2,(H,34,37)(H,39,40)/b7-6+. The van der Waals surface area contributed by atoms with Crippen molar-refractivity contribution in [3.05, 3.63) is 77.1 Å². The van der Waals surface area contributed by atoms with Crippen LogP contribution in [0.4, 0.5) is 13.2 Å². The molecule has 0 radical (unpaired) electrons. The summed E-state index contributed by atoms with van der Waals surface area (Å²) in [5.74, 6) is -5.39. The summed E-state index contributed by atoms with van der Waals surface area (Å²) in [6.07, 6.45) is 5.35. The fourth-order valence-corrected chi connectivity index (χ4v) is 5.60. The summed E-state index contributed by atoms with van der Waals surface area (Å²) in [4.78, 5) is 40.8. The summed E-state index contributed by atoms with van der Waals surface area (Å²) in [6, 6.07) is 10.7. The first kappa shape index (κ1) is 29.3. The Morgan fingerprint density at radius 3 is 2.17 bits per heavy atom. The quantitative estimate of drug-likeness (QED) is 0.356. The maximum absolute atomic E-state index is 13.4. The maximum Gasteiger partial charge on any atom is 0.321 e. The monoisotopic (exact) mass is 557 g/mol. The molecule has 0 aromatic heterocycles. The summed E-state index contributed by atoms with van der Waals surface area (Å²) in [6.45, 7) is 2.41. The van der Waals surface area contributed by atoms with Gasteiger partial charge in [0.1, 0.15) is 6.04 Å². The fourth-order valence-electron chi connectivity index (χ4n) is 5.60. The van der Waals surface area contributed by atoms with Crippen molar-refractivity contribution in [2.24, 2.45) is 11.8 Å². The van der Waals surface area contributed by atoms with Gasteiger partial charge >= 0.3 is 5.97 Å². The van der Waals surface area contributed by atoms with Gasteiger partial charge in [0.25, 0.3) is 0 Å². The van der Waals surface area contributed by atoms with Gasteiger partial charge in [-0.15, -0.1) is 0 Å². The number of piperidine rings is 2. The van der Waals surface area contributed by atoms with Gasteiger partial charge in [-0.2, -0.15) is 0 Å². The zero-order chi connectivity index (χ0) is 28.6. The minimum Gasteiger partial charge on any atom is -0.480 e. The molecule has 2 saturated heterocycles. The number of rotatable bonds is 9. The molecule has 0 aliphatic carbocycles. The van der Waals surface area contributed by atoms with Crippen LogP contribution in [0.3, 0.4) is 0 Å². The Morgan fingerprint density at radius 1 is 0.950 bits per heavy atom. The van der Waals surface area contributed by atoms with E-state index in [0.29, 0.717) is 52.0 Å². The topological polar surface area (TPSA) is 90.0 Å². The second kappa shape index (κ2) is 13.6. The molecule has 1 atom stereocenters. The Kier molecular flexibility index (Phi) is 9.98. The fraction of sp³-hybridized carbons (Fsp3) is 0.433. The summed E-state index contributed by atoms with van der Waals surface area (Å²) < 4.78 is 40.0. The number of amides is 2. The van der Waals surface area contributed by atoms with Gasteiger partial charge in [-0.25, -0.2) is 13.2 Å². The van der Waals surface area contributed by atoms with E-state index < -0.39 is 29.5 Å². The predicted molar refractivity (Wildman–Crippen MR) is 143 cm³/mol. The lowest BCUT2D eigenvalue weighted by Gasteiger charge is -2.41. The molecule has 2 aliphatic rings. The molecule has 2 heterocycles. The van der Waals surface area contributed by atoms with Crippen molar-refractivity contribution in [1.29, 1.82) is 0 Å². The lowest BCUT2D eigenvalue weighted by molar-refractivity contribution is -0.147. The van der Waals surface area contributed by atoms with E-state index in [-0.39, 0.29) is 29.2 Å². The molecule has 0 spiro atoms. The summed E-state index contributed by atoms with van der Waals surface area (Å²) in [7, 11) is 0. The van der Waals surface area contributed by atoms with Crippen LogP contribution in [-0.2, 0) is 20.9 Å². The number of aliphatic carboxylic acids is 1. The van der Waals surface area contributed by atoms with Crippen LogP contribution in [0, 0.1) is 29.3 Å². The highest BCUT2D eigenvalue weighted by Gasteiger charge is 2.38. The van der Waals surface area contributed by atoms with E-state index in [1.165, 1.54) is 12.2 Å². The number of carbonyl (C=O) groups excluding carboxylic acids is 2. The SMILES string of the molecule is O=C(CC1CCN(C(C(=O)O)C2CCN(C(=O)/C=C/c3cc(F)c(F)c(F)c3)CC2)CC1)NCc1ccccc1. The molecular formula is C30H34F3N3O4. The molecule has 214 valence electrons. The zero-order valence-electron chi connectivity index (χ0n) is 22.2. The number of carbonyl (C=O) groups is 3. The molecule has 2 amide bonds. The smallest absolute Gasteiger partial charge is 0.321 e. The Bertz CT molecular complexity index is 1200. The Morgan fingerprint density at radius 2 is 1.57 bits per heavy atom. The van der Waals surface area contributed by atoms with Crippen molar-refractivity contribution in [3.8, 4) is 0 Å². The van der Waals surface area contributed by atoms with Gasteiger partial charge in [0.05, 0.1) is 0 Å². The first-order valence-electron chi connectivity index (χ1n) is 13.6. The number of hydrogen-bond acceptors (Lipinski definition) is 4. The number of halogens is 3. The number of nitrogens with one attached hydrogen (secondary N) is 1. The largest absolute Gasteiger partial charge is 0.480 e. The van der Waals surface area contributed by atoms with E-state index in [4.69, 9.17) is 0 Å². The average molecular weight is 558 g/mol. The second-order valence-electron chi connectivity index (χ2n) is 10.5. The van der Waals surface area contributed by atoms with Crippen LogP contribution < -0.4 is 5.32 Å². The highest BCUT2D eigenvalue weighted by molar-refractivity contribution is 5.91. The molecule has 1 unspecified atom stereocenters. The molecule has 2 N–H and O–H groups in total. The van der Waals surface area contributed by atoms with Crippen molar-refractivity contribution in [2.45, 2.75) is 44.7 Å². The molecule has 0 bridgehead atoms. The van der Waals surface area contributed by atoms with Gasteiger partial charge in [-0.05, 0) is 79.9 Å². The molecule has 2 aromatic carbocycles. The normalized spacial score (nSPS) is 18.1. The van der Waals surface area contributed by atoms with Crippen LogP contribution in [0.25, 0.3) is 6.08 Å². The van der Waals surface area contributed by atoms with Crippen molar-refractivity contribution >= 4 is 23.9 Å². The van der Waals surface area contributed by atoms with Gasteiger partial charge in [0, 0.05) is 32.1 Å². The summed E-state index contributed by atoms with van der Waals surface area (Å²) in [5, 5.41) is 13.0. The van der Waals surface area contributed by atoms with E-state index in [2.05, 4.69) is 5.32 Å². The molecule has 10 heteroatoms. The highest BCUT2D eigenvalue weighted by atomic mass is 19.2. The third-order valence-electron chi connectivity index (χ3n) is 7.82. The van der Waals surface area contributed by atoms with E-state index in [9.17, 15) is 32.7 Å². The van der Waals surface area contributed by atoms with Crippen molar-refractivity contribution < 1.29 is 32.7 Å². The van der Waals surface area contributed by atoms with Crippen molar-refractivity contribution in [1.82, 2.24) is 15.1 Å². The minimum atomic E-state index is -1.56. The Balaban J connectivity index is 1.23. The van der Waals surface area contributed by atoms with Crippen LogP contribution in [0.5, 0.6) is 0 Å². The van der Waals surface area contributed by atoms with Crippen LogP contribution in [0.1, 0.15) is 43.2 Å². The van der Waals surface area contributed by atoms with Crippen LogP contribution in [-0.4, -0.2) is 64.9 Å². The lowest BCUT2D eigenvalue weighted by Crippen LogP contribution is -2.52. The number of benzene rings is 2. The predicted octanol–water partition coefficient (Wildman–Crippen LogP) is 4.23. The van der Waals surface area contributed by atoms with Gasteiger partial charge in [-0.3, -0.25) is 19.3 Å². The lowest BCUT2D eigenvalue weighted by atomic mass is 9.85. The van der Waals surface area contributed by atoms with Crippen molar-refractivity contribution in [2.75, 3.05) is 26.2 Å². The van der Waals surface area contributed by atoms with Crippen LogP contribution in [0.2, 0.25) is 0 Å². The third kappa shape index (κ3) is 7.71. The average Bonchev–Trinajstić information content (AvgIpc) is 2.95. The van der Waals surface area contributed by atoms with Crippen LogP contribution >= 0.6 is 0 Å². The molecule has 2 fully saturated rings. The number of carboxylic acids is 1. The van der Waals surface area contributed by atoms with Gasteiger partial charge in [0.15, 0.2) is 17.5 Å². The van der Waals surface area contributed by atoms with E-state index in [0.717, 1.165) is 30.5 Å².